The van der Waals surface area contributed by atoms with Gasteiger partial charge < -0.3 is 14.8 Å². The zero-order valence-electron chi connectivity index (χ0n) is 10.6. The highest BCUT2D eigenvalue weighted by molar-refractivity contribution is 6.39. The van der Waals surface area contributed by atoms with E-state index in [4.69, 9.17) is 14.9 Å². The molecule has 6 heteroatoms. The molecule has 2 N–H and O–H groups in total. The minimum atomic E-state index is -0.616. The molecule has 0 bridgehead atoms. The molecule has 2 rings (SSSR count). The fourth-order valence-corrected chi connectivity index (χ4v) is 1.97. The highest BCUT2D eigenvalue weighted by atomic mass is 16.5. The van der Waals surface area contributed by atoms with Crippen molar-refractivity contribution in [2.24, 2.45) is 0 Å². The second-order valence-electron chi connectivity index (χ2n) is 4.20. The zero-order valence-corrected chi connectivity index (χ0v) is 10.6. The summed E-state index contributed by atoms with van der Waals surface area (Å²) in [5.41, 5.74) is 1.10. The van der Waals surface area contributed by atoms with Gasteiger partial charge >= 0.3 is 5.97 Å². The Bertz CT molecular complexity index is 554. The SMILES string of the molecule is COc1ccc(C2COC(=O)C2=N)c(NC(C)=O)c1. The molecule has 1 unspecified atom stereocenters. The van der Waals surface area contributed by atoms with Crippen LogP contribution < -0.4 is 10.1 Å². The number of hydrogen-bond acceptors (Lipinski definition) is 5. The number of rotatable bonds is 3. The summed E-state index contributed by atoms with van der Waals surface area (Å²) in [5.74, 6) is -0.717. The molecule has 0 spiro atoms. The number of hydrogen-bond donors (Lipinski definition) is 2. The van der Waals surface area contributed by atoms with E-state index in [9.17, 15) is 9.59 Å². The molecule has 100 valence electrons. The van der Waals surface area contributed by atoms with Crippen LogP contribution >= 0.6 is 0 Å². The molecule has 1 heterocycles. The molecule has 1 aliphatic rings. The molecule has 1 aromatic carbocycles. The smallest absolute Gasteiger partial charge is 0.352 e. The Morgan fingerprint density at radius 2 is 2.26 bits per heavy atom. The van der Waals surface area contributed by atoms with E-state index in [1.807, 2.05) is 0 Å². The third-order valence-electron chi connectivity index (χ3n) is 2.90. The van der Waals surface area contributed by atoms with E-state index in [-0.39, 0.29) is 18.2 Å². The summed E-state index contributed by atoms with van der Waals surface area (Å²) < 4.78 is 9.94. The van der Waals surface area contributed by atoms with Gasteiger partial charge in [-0.15, -0.1) is 0 Å². The van der Waals surface area contributed by atoms with Gasteiger partial charge in [0.15, 0.2) is 0 Å². The lowest BCUT2D eigenvalue weighted by Gasteiger charge is -2.15. The summed E-state index contributed by atoms with van der Waals surface area (Å²) >= 11 is 0. The second-order valence-corrected chi connectivity index (χ2v) is 4.20. The third kappa shape index (κ3) is 2.57. The summed E-state index contributed by atoms with van der Waals surface area (Å²) in [5, 5.41) is 10.4. The fourth-order valence-electron chi connectivity index (χ4n) is 1.97. The molecule has 1 saturated heterocycles. The van der Waals surface area contributed by atoms with Crippen LogP contribution in [0.25, 0.3) is 0 Å². The van der Waals surface area contributed by atoms with E-state index >= 15 is 0 Å². The van der Waals surface area contributed by atoms with Crippen molar-refractivity contribution in [1.82, 2.24) is 0 Å². The number of benzene rings is 1. The van der Waals surface area contributed by atoms with Crippen molar-refractivity contribution in [2.45, 2.75) is 12.8 Å². The molecule has 1 fully saturated rings. The maximum absolute atomic E-state index is 11.3. The van der Waals surface area contributed by atoms with Gasteiger partial charge in [0, 0.05) is 18.7 Å². The molecule has 0 aliphatic carbocycles. The van der Waals surface area contributed by atoms with Crippen LogP contribution in [-0.2, 0) is 14.3 Å². The lowest BCUT2D eigenvalue weighted by Crippen LogP contribution is -2.16. The third-order valence-corrected chi connectivity index (χ3v) is 2.90. The van der Waals surface area contributed by atoms with E-state index in [1.165, 1.54) is 14.0 Å². The Hall–Kier alpha value is -2.37. The number of carbonyl (C=O) groups excluding carboxylic acids is 2. The van der Waals surface area contributed by atoms with Crippen LogP contribution in [0.3, 0.4) is 0 Å². The van der Waals surface area contributed by atoms with Crippen molar-refractivity contribution in [2.75, 3.05) is 19.0 Å². The van der Waals surface area contributed by atoms with Gasteiger partial charge in [0.05, 0.1) is 13.0 Å². The Morgan fingerprint density at radius 3 is 2.79 bits per heavy atom. The van der Waals surface area contributed by atoms with E-state index in [1.54, 1.807) is 18.2 Å². The molecule has 1 aromatic rings. The van der Waals surface area contributed by atoms with Gasteiger partial charge in [-0.05, 0) is 11.6 Å². The van der Waals surface area contributed by atoms with E-state index in [2.05, 4.69) is 5.32 Å². The van der Waals surface area contributed by atoms with Gasteiger partial charge in [-0.25, -0.2) is 4.79 Å². The van der Waals surface area contributed by atoms with Crippen molar-refractivity contribution in [3.05, 3.63) is 23.8 Å². The van der Waals surface area contributed by atoms with Crippen LogP contribution in [0.1, 0.15) is 18.4 Å². The van der Waals surface area contributed by atoms with Gasteiger partial charge in [-0.3, -0.25) is 10.2 Å². The lowest BCUT2D eigenvalue weighted by atomic mass is 9.94. The number of carbonyl (C=O) groups is 2. The molecule has 6 nitrogen and oxygen atoms in total. The van der Waals surface area contributed by atoms with Crippen molar-refractivity contribution >= 4 is 23.3 Å². The van der Waals surface area contributed by atoms with E-state index < -0.39 is 11.9 Å². The number of nitrogens with one attached hydrogen (secondary N) is 2. The largest absolute Gasteiger partial charge is 0.497 e. The molecule has 1 aliphatic heterocycles. The van der Waals surface area contributed by atoms with E-state index in [0.29, 0.717) is 17.0 Å². The first-order valence-corrected chi connectivity index (χ1v) is 5.74. The predicted octanol–water partition coefficient (Wildman–Crippen LogP) is 1.31. The molecule has 1 atom stereocenters. The molecular weight excluding hydrogens is 248 g/mol. The van der Waals surface area contributed by atoms with Crippen molar-refractivity contribution in [3.63, 3.8) is 0 Å². The number of esters is 1. The van der Waals surface area contributed by atoms with Crippen LogP contribution in [0.4, 0.5) is 5.69 Å². The second kappa shape index (κ2) is 5.09. The van der Waals surface area contributed by atoms with Crippen LogP contribution in [0.15, 0.2) is 18.2 Å². The van der Waals surface area contributed by atoms with Crippen LogP contribution in [-0.4, -0.2) is 31.3 Å². The highest BCUT2D eigenvalue weighted by Crippen LogP contribution is 2.32. The Labute approximate surface area is 110 Å². The van der Waals surface area contributed by atoms with Gasteiger partial charge in [0.1, 0.15) is 18.1 Å². The zero-order chi connectivity index (χ0) is 14.0. The van der Waals surface area contributed by atoms with Crippen LogP contribution in [0.2, 0.25) is 0 Å². The van der Waals surface area contributed by atoms with Crippen molar-refractivity contribution < 1.29 is 19.1 Å². The Balaban J connectivity index is 2.41. The average Bonchev–Trinajstić information content (AvgIpc) is 2.69. The summed E-state index contributed by atoms with van der Waals surface area (Å²) in [4.78, 5) is 22.5. The Kier molecular flexibility index (Phi) is 3.50. The summed E-state index contributed by atoms with van der Waals surface area (Å²) in [6, 6.07) is 5.11. The first-order chi connectivity index (χ1) is 9.02. The van der Waals surface area contributed by atoms with Gasteiger partial charge in [0.2, 0.25) is 5.91 Å². The quantitative estimate of drug-likeness (QED) is 0.804. The average molecular weight is 262 g/mol. The lowest BCUT2D eigenvalue weighted by molar-refractivity contribution is -0.132. The van der Waals surface area contributed by atoms with Crippen molar-refractivity contribution in [1.29, 1.82) is 5.41 Å². The minimum Gasteiger partial charge on any atom is -0.497 e. The molecular formula is C13H14N2O4. The van der Waals surface area contributed by atoms with Gasteiger partial charge in [-0.2, -0.15) is 0 Å². The topological polar surface area (TPSA) is 88.5 Å². The van der Waals surface area contributed by atoms with Crippen LogP contribution in [0.5, 0.6) is 5.75 Å². The Morgan fingerprint density at radius 1 is 1.53 bits per heavy atom. The normalized spacial score (nSPS) is 18.1. The molecule has 19 heavy (non-hydrogen) atoms. The first-order valence-electron chi connectivity index (χ1n) is 5.74. The van der Waals surface area contributed by atoms with Crippen LogP contribution in [0, 0.1) is 5.41 Å². The van der Waals surface area contributed by atoms with Gasteiger partial charge in [-0.1, -0.05) is 6.07 Å². The number of ether oxygens (including phenoxy) is 2. The van der Waals surface area contributed by atoms with E-state index in [0.717, 1.165) is 0 Å². The molecule has 0 radical (unpaired) electrons. The van der Waals surface area contributed by atoms with Crippen molar-refractivity contribution in [3.8, 4) is 5.75 Å². The number of anilines is 1. The maximum atomic E-state index is 11.3. The first kappa shape index (κ1) is 13.1. The molecule has 0 aromatic heterocycles. The van der Waals surface area contributed by atoms with Gasteiger partial charge in [0.25, 0.3) is 0 Å². The highest BCUT2D eigenvalue weighted by Gasteiger charge is 2.33. The summed E-state index contributed by atoms with van der Waals surface area (Å²) in [7, 11) is 1.52. The molecule has 0 saturated carbocycles. The fraction of sp³-hybridized carbons (Fsp3) is 0.308. The standard InChI is InChI=1S/C13H14N2O4/c1-7(16)15-11-5-8(18-2)3-4-9(11)10-6-19-13(17)12(10)14/h3-5,10,14H,6H2,1-2H3,(H,15,16). The minimum absolute atomic E-state index is 0.100. The number of cyclic esters (lactones) is 1. The maximum Gasteiger partial charge on any atom is 0.352 e. The number of methoxy groups -OCH3 is 1. The molecule has 1 amide bonds. The number of amides is 1. The summed E-state index contributed by atoms with van der Waals surface area (Å²) in [6.45, 7) is 1.52. The monoisotopic (exact) mass is 262 g/mol. The summed E-state index contributed by atoms with van der Waals surface area (Å²) in [6.07, 6.45) is 0. The predicted molar refractivity (Wildman–Crippen MR) is 68.7 cm³/mol.